The zero-order chi connectivity index (χ0) is 12.7. The molecule has 0 saturated carbocycles. The minimum absolute atomic E-state index is 0. The van der Waals surface area contributed by atoms with E-state index in [0.29, 0.717) is 4.47 Å². The molecule has 0 fully saturated rings. The molecule has 0 radical (unpaired) electrons. The molecule has 0 heterocycles. The Hall–Kier alpha value is -0.00766. The van der Waals surface area contributed by atoms with Crippen LogP contribution in [0.4, 0.5) is 0 Å². The molecule has 0 amide bonds. The molecule has 0 atom stereocenters. The molecule has 1 rings (SSSR count). The van der Waals surface area contributed by atoms with Gasteiger partial charge in [0.1, 0.15) is 5.56 Å². The van der Waals surface area contributed by atoms with Gasteiger partial charge in [0.05, 0.1) is 4.47 Å². The first-order valence-electron chi connectivity index (χ1n) is 3.74. The Labute approximate surface area is 127 Å². The van der Waals surface area contributed by atoms with Gasteiger partial charge in [-0.05, 0) is 28.1 Å². The summed E-state index contributed by atoms with van der Waals surface area (Å²) in [6, 6.07) is 4.79. The van der Waals surface area contributed by atoms with Crippen LogP contribution in [0.15, 0.2) is 22.7 Å². The second kappa shape index (κ2) is 9.97. The van der Waals surface area contributed by atoms with Crippen LogP contribution >= 0.6 is 32.2 Å². The second-order valence-corrected chi connectivity index (χ2v) is 3.52. The minimum atomic E-state index is -2.17. The van der Waals surface area contributed by atoms with Crippen LogP contribution in [0, 0.1) is 0 Å². The van der Waals surface area contributed by atoms with Crippen molar-refractivity contribution in [3.8, 4) is 5.75 Å². The van der Waals surface area contributed by atoms with Gasteiger partial charge in [-0.2, -0.15) is 0 Å². The van der Waals surface area contributed by atoms with Crippen LogP contribution in [-0.2, 0) is 0 Å². The van der Waals surface area contributed by atoms with Crippen LogP contribution < -0.4 is 3.83 Å². The summed E-state index contributed by atoms with van der Waals surface area (Å²) in [4.78, 5) is 10.6. The van der Waals surface area contributed by atoms with E-state index >= 15 is 0 Å². The molecular formula is C7H8BBr2LiO6. The van der Waals surface area contributed by atoms with Crippen LogP contribution in [0.5, 0.6) is 5.75 Å². The van der Waals surface area contributed by atoms with Crippen LogP contribution in [0.2, 0.25) is 0 Å². The van der Waals surface area contributed by atoms with E-state index < -0.39 is 13.3 Å². The number of halogens is 2. The van der Waals surface area contributed by atoms with Crippen molar-refractivity contribution >= 4 is 64.3 Å². The van der Waals surface area contributed by atoms with E-state index in [1.807, 2.05) is 0 Å². The molecular weight excluding hydrogens is 358 g/mol. The summed E-state index contributed by atoms with van der Waals surface area (Å²) in [5, 5.41) is 30.2. The molecule has 0 unspecified atom stereocenters. The Morgan fingerprint density at radius 2 is 1.76 bits per heavy atom. The number of benzene rings is 1. The summed E-state index contributed by atoms with van der Waals surface area (Å²) in [5.74, 6) is -0.754. The molecule has 0 aliphatic carbocycles. The van der Waals surface area contributed by atoms with Crippen LogP contribution in [0.1, 0.15) is 10.4 Å². The average Bonchev–Trinajstić information content (AvgIpc) is 2.16. The Bertz CT molecular complexity index is 361. The number of hydrogen-bond acceptors (Lipinski definition) is 5. The van der Waals surface area contributed by atoms with Gasteiger partial charge in [0.25, 0.3) is 0 Å². The molecule has 0 aliphatic heterocycles. The van der Waals surface area contributed by atoms with Gasteiger partial charge in [-0.1, -0.05) is 6.07 Å². The van der Waals surface area contributed by atoms with Gasteiger partial charge in [-0.25, -0.2) is 4.79 Å². The normalized spacial score (nSPS) is 8.29. The number of hydrogen-bond donors (Lipinski definition) is 4. The number of carbonyl (C=O) groups is 1. The van der Waals surface area contributed by atoms with E-state index in [4.69, 9.17) is 24.0 Å². The van der Waals surface area contributed by atoms with Gasteiger partial charge in [0.15, 0.2) is 22.0 Å². The molecule has 1 aromatic rings. The quantitative estimate of drug-likeness (QED) is 0.555. The van der Waals surface area contributed by atoms with E-state index in [1.54, 1.807) is 12.1 Å². The van der Waals surface area contributed by atoms with Gasteiger partial charge >= 0.3 is 32.2 Å². The summed E-state index contributed by atoms with van der Waals surface area (Å²) in [7, 11) is -2.17. The van der Waals surface area contributed by atoms with Crippen LogP contribution in [0.3, 0.4) is 0 Å². The Kier molecular flexibility index (Phi) is 11.3. The fourth-order valence-corrected chi connectivity index (χ4v) is 1.77. The number of rotatable bonds is 2. The van der Waals surface area contributed by atoms with Crippen molar-refractivity contribution in [2.75, 3.05) is 0 Å². The van der Waals surface area contributed by atoms with Gasteiger partial charge < -0.3 is 24.0 Å². The number of carboxylic acid groups (broad SMARTS) is 1. The SMILES string of the molecule is O=C(O)c1cccc(Br)c1OBr.OB(O)O.[LiH]. The maximum atomic E-state index is 10.6. The molecule has 0 spiro atoms. The third-order valence-electron chi connectivity index (χ3n) is 1.27. The van der Waals surface area contributed by atoms with Gasteiger partial charge in [0, 0.05) is 0 Å². The summed E-state index contributed by atoms with van der Waals surface area (Å²) in [6.45, 7) is 0. The fourth-order valence-electron chi connectivity index (χ4n) is 0.756. The standard InChI is InChI=1S/C7H4Br2O3.BH3O3.Li.H/c8-5-3-1-2-4(7(10)11)6(5)12-9;2-1(3)4;;/h1-3H,(H,10,11);2-4H;;. The Morgan fingerprint density at radius 1 is 1.29 bits per heavy atom. The molecule has 0 saturated heterocycles. The van der Waals surface area contributed by atoms with Crippen molar-refractivity contribution in [3.05, 3.63) is 28.2 Å². The first-order valence-corrected chi connectivity index (χ1v) is 5.18. The predicted octanol–water partition coefficient (Wildman–Crippen LogP) is 0.136. The van der Waals surface area contributed by atoms with Gasteiger partial charge in [-0.15, -0.1) is 0 Å². The first kappa shape index (κ1) is 19.3. The summed E-state index contributed by atoms with van der Waals surface area (Å²) in [6.07, 6.45) is 0. The van der Waals surface area contributed by atoms with Crippen molar-refractivity contribution in [1.29, 1.82) is 0 Å². The van der Waals surface area contributed by atoms with E-state index in [2.05, 4.69) is 32.2 Å². The molecule has 0 bridgehead atoms. The average molecular weight is 366 g/mol. The van der Waals surface area contributed by atoms with Crippen molar-refractivity contribution in [3.63, 3.8) is 0 Å². The van der Waals surface area contributed by atoms with Gasteiger partial charge in [0.2, 0.25) is 0 Å². The third kappa shape index (κ3) is 7.83. The molecule has 6 nitrogen and oxygen atoms in total. The van der Waals surface area contributed by atoms with Crippen LogP contribution in [0.25, 0.3) is 0 Å². The summed E-state index contributed by atoms with van der Waals surface area (Å²) < 4.78 is 5.32. The molecule has 10 heteroatoms. The Morgan fingerprint density at radius 3 is 2.06 bits per heavy atom. The zero-order valence-corrected chi connectivity index (χ0v) is 10.8. The molecule has 0 aromatic heterocycles. The van der Waals surface area contributed by atoms with Gasteiger partial charge in [-0.3, -0.25) is 0 Å². The molecule has 4 N–H and O–H groups in total. The number of carboxylic acids is 1. The second-order valence-electron chi connectivity index (χ2n) is 2.35. The monoisotopic (exact) mass is 364 g/mol. The fraction of sp³-hybridized carbons (Fsp3) is 0. The van der Waals surface area contributed by atoms with E-state index in [1.165, 1.54) is 6.07 Å². The maximum absolute atomic E-state index is 10.6. The van der Waals surface area contributed by atoms with E-state index in [9.17, 15) is 4.79 Å². The number of para-hydroxylation sites is 1. The van der Waals surface area contributed by atoms with Crippen molar-refractivity contribution in [2.24, 2.45) is 0 Å². The summed E-state index contributed by atoms with van der Waals surface area (Å²) >= 11 is 5.89. The zero-order valence-electron chi connectivity index (χ0n) is 7.67. The molecule has 90 valence electrons. The van der Waals surface area contributed by atoms with Crippen LogP contribution in [-0.4, -0.2) is 52.3 Å². The summed E-state index contributed by atoms with van der Waals surface area (Å²) in [5.41, 5.74) is 0.112. The van der Waals surface area contributed by atoms with Crippen molar-refractivity contribution in [1.82, 2.24) is 0 Å². The molecule has 0 aliphatic rings. The topological polar surface area (TPSA) is 107 Å². The third-order valence-corrected chi connectivity index (χ3v) is 2.22. The van der Waals surface area contributed by atoms with Crippen molar-refractivity contribution < 1.29 is 28.8 Å². The molecule has 17 heavy (non-hydrogen) atoms. The Balaban J connectivity index is 0. The van der Waals surface area contributed by atoms with E-state index in [-0.39, 0.29) is 30.2 Å². The van der Waals surface area contributed by atoms with E-state index in [0.717, 1.165) is 0 Å². The predicted molar refractivity (Wildman–Crippen MR) is 70.2 cm³/mol. The van der Waals surface area contributed by atoms with Crippen molar-refractivity contribution in [2.45, 2.75) is 0 Å². The first-order chi connectivity index (χ1) is 7.40. The molecule has 1 aromatic carbocycles. The number of aromatic carboxylic acids is 1.